The summed E-state index contributed by atoms with van der Waals surface area (Å²) >= 11 is 2.92. The van der Waals surface area contributed by atoms with Crippen LogP contribution in [0, 0.1) is 0 Å². The van der Waals surface area contributed by atoms with Crippen LogP contribution < -0.4 is 4.90 Å². The lowest BCUT2D eigenvalue weighted by atomic mass is 9.91. The zero-order valence-electron chi connectivity index (χ0n) is 22.5. The number of carbonyl (C=O) groups is 2. The lowest BCUT2D eigenvalue weighted by Crippen LogP contribution is -2.29. The molecule has 1 fully saturated rings. The fourth-order valence-corrected chi connectivity index (χ4v) is 7.82. The Hall–Kier alpha value is -3.09. The van der Waals surface area contributed by atoms with Gasteiger partial charge in [0.1, 0.15) is 5.94 Å². The van der Waals surface area contributed by atoms with Gasteiger partial charge in [0.2, 0.25) is 0 Å². The first-order chi connectivity index (χ1) is 19.9. The molecule has 8 nitrogen and oxygen atoms in total. The third kappa shape index (κ3) is 6.87. The van der Waals surface area contributed by atoms with Gasteiger partial charge in [0, 0.05) is 47.5 Å². The Bertz CT molecular complexity index is 1490. The van der Waals surface area contributed by atoms with Crippen LogP contribution in [-0.4, -0.2) is 49.8 Å². The number of imide groups is 1. The van der Waals surface area contributed by atoms with Gasteiger partial charge >= 0.3 is 0 Å². The summed E-state index contributed by atoms with van der Waals surface area (Å²) in [6.45, 7) is 0.689. The minimum absolute atomic E-state index is 0.0533. The van der Waals surface area contributed by atoms with Crippen LogP contribution in [0.5, 0.6) is 0 Å². The van der Waals surface area contributed by atoms with Gasteiger partial charge in [-0.05, 0) is 29.9 Å². The molecule has 0 atom stereocenters. The number of nitrogens with zero attached hydrogens (tertiary/aromatic N) is 2. The molecule has 3 aromatic carbocycles. The quantitative estimate of drug-likeness (QED) is 0.107. The molecule has 5 rings (SSSR count). The first-order valence-electron chi connectivity index (χ1n) is 13.1. The molecule has 0 N–H and O–H groups in total. The zero-order valence-corrected chi connectivity index (χ0v) is 25.0. The van der Waals surface area contributed by atoms with Crippen molar-refractivity contribution in [2.45, 2.75) is 25.8 Å². The molecule has 2 aliphatic rings. The minimum atomic E-state index is -3.57. The highest BCUT2D eigenvalue weighted by atomic mass is 32.2. The number of hydrogen-bond acceptors (Lipinski definition) is 9. The summed E-state index contributed by atoms with van der Waals surface area (Å²) in [6, 6.07) is 26.7. The highest BCUT2D eigenvalue weighted by molar-refractivity contribution is 8.22. The smallest absolute Gasteiger partial charge is 0.267 e. The average molecular weight is 611 g/mol. The number of hydrogen-bond donors (Lipinski definition) is 0. The van der Waals surface area contributed by atoms with Gasteiger partial charge in [-0.2, -0.15) is 13.5 Å². The summed E-state index contributed by atoms with van der Waals surface area (Å²) in [5.74, 6) is -0.194. The Labute approximate surface area is 248 Å². The first kappa shape index (κ1) is 29.4. The van der Waals surface area contributed by atoms with E-state index in [9.17, 15) is 18.0 Å². The average Bonchev–Trinajstić information content (AvgIpc) is 3.31. The van der Waals surface area contributed by atoms with Crippen molar-refractivity contribution in [3.8, 4) is 0 Å². The van der Waals surface area contributed by atoms with E-state index in [4.69, 9.17) is 4.84 Å². The second-order valence-electron chi connectivity index (χ2n) is 9.37. The van der Waals surface area contributed by atoms with E-state index in [0.29, 0.717) is 18.7 Å². The Morgan fingerprint density at radius 2 is 1.41 bits per heavy atom. The van der Waals surface area contributed by atoms with Crippen LogP contribution in [0.1, 0.15) is 36.0 Å². The SMILES string of the molecule is COS(=O)(=O)CCCSC(SCON1C(=O)CCC1=O)=C1c2ccccc2N(Cc2ccccc2)c2ccccc21. The van der Waals surface area contributed by atoms with Crippen molar-refractivity contribution >= 4 is 62.4 Å². The van der Waals surface area contributed by atoms with Crippen LogP contribution >= 0.6 is 23.5 Å². The Kier molecular flexibility index (Phi) is 9.51. The molecule has 0 bridgehead atoms. The van der Waals surface area contributed by atoms with Crippen molar-refractivity contribution in [2.24, 2.45) is 0 Å². The van der Waals surface area contributed by atoms with Crippen LogP contribution in [0.3, 0.4) is 0 Å². The number of thioether (sulfide) groups is 2. The fourth-order valence-electron chi connectivity index (χ4n) is 4.77. The molecule has 0 radical (unpaired) electrons. The van der Waals surface area contributed by atoms with Gasteiger partial charge in [-0.3, -0.25) is 18.6 Å². The molecule has 2 heterocycles. The number of para-hydroxylation sites is 2. The van der Waals surface area contributed by atoms with E-state index in [-0.39, 0.29) is 36.3 Å². The van der Waals surface area contributed by atoms with E-state index in [0.717, 1.165) is 37.4 Å². The number of benzene rings is 3. The third-order valence-corrected chi connectivity index (χ3v) is 10.4. The predicted octanol–water partition coefficient (Wildman–Crippen LogP) is 5.93. The van der Waals surface area contributed by atoms with Gasteiger partial charge in [0.15, 0.2) is 0 Å². The maximum absolute atomic E-state index is 12.1. The van der Waals surface area contributed by atoms with E-state index in [2.05, 4.69) is 45.5 Å². The van der Waals surface area contributed by atoms with E-state index in [1.165, 1.54) is 36.2 Å². The number of hydroxylamine groups is 2. The van der Waals surface area contributed by atoms with Gasteiger partial charge in [-0.15, -0.1) is 11.8 Å². The number of carbonyl (C=O) groups excluding carboxylic acids is 2. The molecule has 41 heavy (non-hydrogen) atoms. The summed E-state index contributed by atoms with van der Waals surface area (Å²) in [5.41, 5.74) is 6.37. The zero-order chi connectivity index (χ0) is 28.8. The van der Waals surface area contributed by atoms with Crippen molar-refractivity contribution in [1.29, 1.82) is 0 Å². The van der Waals surface area contributed by atoms with Crippen molar-refractivity contribution in [3.05, 3.63) is 99.8 Å². The summed E-state index contributed by atoms with van der Waals surface area (Å²) < 4.78 is 29.3. The molecular formula is C30H30N2O6S3. The lowest BCUT2D eigenvalue weighted by molar-refractivity contribution is -0.181. The van der Waals surface area contributed by atoms with E-state index in [1.807, 2.05) is 42.5 Å². The van der Waals surface area contributed by atoms with Crippen molar-refractivity contribution in [2.75, 3.05) is 29.5 Å². The Morgan fingerprint density at radius 1 is 0.829 bits per heavy atom. The van der Waals surface area contributed by atoms with Crippen molar-refractivity contribution in [3.63, 3.8) is 0 Å². The summed E-state index contributed by atoms with van der Waals surface area (Å²) in [4.78, 5) is 32.1. The van der Waals surface area contributed by atoms with Gasteiger partial charge < -0.3 is 4.90 Å². The molecule has 11 heteroatoms. The number of rotatable bonds is 12. The highest BCUT2D eigenvalue weighted by Gasteiger charge is 2.31. The van der Waals surface area contributed by atoms with Crippen LogP contribution in [0.25, 0.3) is 5.57 Å². The molecule has 0 aliphatic carbocycles. The van der Waals surface area contributed by atoms with Crippen LogP contribution in [-0.2, 0) is 35.3 Å². The normalized spacial score (nSPS) is 14.8. The van der Waals surface area contributed by atoms with Crippen LogP contribution in [0.4, 0.5) is 11.4 Å². The van der Waals surface area contributed by atoms with Crippen molar-refractivity contribution in [1.82, 2.24) is 5.06 Å². The Morgan fingerprint density at radius 3 is 2.02 bits per heavy atom. The molecule has 3 aromatic rings. The third-order valence-electron chi connectivity index (χ3n) is 6.72. The highest BCUT2D eigenvalue weighted by Crippen LogP contribution is 2.50. The summed E-state index contributed by atoms with van der Waals surface area (Å²) in [5, 5.41) is 0.857. The Balaban J connectivity index is 1.51. The van der Waals surface area contributed by atoms with E-state index >= 15 is 0 Å². The molecule has 214 valence electrons. The molecule has 2 amide bonds. The van der Waals surface area contributed by atoms with Gasteiger partial charge in [0.05, 0.1) is 17.1 Å². The maximum atomic E-state index is 12.1. The maximum Gasteiger partial charge on any atom is 0.267 e. The van der Waals surface area contributed by atoms with Crippen LogP contribution in [0.15, 0.2) is 83.1 Å². The second-order valence-corrected chi connectivity index (χ2v) is 13.5. The number of fused-ring (bicyclic) bond motifs is 2. The summed E-state index contributed by atoms with van der Waals surface area (Å²) in [6.07, 6.45) is 0.696. The van der Waals surface area contributed by atoms with Gasteiger partial charge in [0.25, 0.3) is 21.9 Å². The van der Waals surface area contributed by atoms with Crippen molar-refractivity contribution < 1.29 is 27.0 Å². The molecule has 0 saturated carbocycles. The summed E-state index contributed by atoms with van der Waals surface area (Å²) in [7, 11) is -2.40. The molecule has 2 aliphatic heterocycles. The fraction of sp³-hybridized carbons (Fsp3) is 0.267. The van der Waals surface area contributed by atoms with E-state index in [1.54, 1.807) is 0 Å². The standard InChI is InChI=1S/C30H30N2O6S3/c1-37-41(35,36)19-9-18-39-30(40-21-38-32-27(33)16-17-28(32)34)29-23-12-5-7-14-25(23)31(20-22-10-3-2-4-11-22)26-15-8-6-13-24(26)29/h2-8,10-15H,9,16-21H2,1H3. The largest absolute Gasteiger partial charge is 0.336 e. The predicted molar refractivity (Wildman–Crippen MR) is 164 cm³/mol. The monoisotopic (exact) mass is 610 g/mol. The topological polar surface area (TPSA) is 93.2 Å². The lowest BCUT2D eigenvalue weighted by Gasteiger charge is -2.35. The van der Waals surface area contributed by atoms with Gasteiger partial charge in [-0.25, -0.2) is 0 Å². The minimum Gasteiger partial charge on any atom is -0.336 e. The molecule has 0 unspecified atom stereocenters. The molecule has 0 spiro atoms. The number of amides is 2. The van der Waals surface area contributed by atoms with Gasteiger partial charge in [-0.1, -0.05) is 78.5 Å². The molecule has 0 aromatic heterocycles. The molecular weight excluding hydrogens is 581 g/mol. The van der Waals surface area contributed by atoms with E-state index < -0.39 is 10.1 Å². The number of anilines is 2. The van der Waals surface area contributed by atoms with Crippen LogP contribution in [0.2, 0.25) is 0 Å². The first-order valence-corrected chi connectivity index (χ1v) is 16.7. The second kappa shape index (κ2) is 13.3. The molecule has 1 saturated heterocycles.